The molecule has 0 radical (unpaired) electrons. The van der Waals surface area contributed by atoms with Crippen molar-refractivity contribution >= 4 is 11.6 Å². The summed E-state index contributed by atoms with van der Waals surface area (Å²) < 4.78 is 12.3. The number of nitrogens with one attached hydrogen (secondary N) is 1. The molecular weight excluding hydrogens is 173 g/mol. The van der Waals surface area contributed by atoms with Crippen molar-refractivity contribution in [1.82, 2.24) is 4.98 Å². The second kappa shape index (κ2) is 3.95. The van der Waals surface area contributed by atoms with Crippen LogP contribution in [-0.2, 0) is 4.79 Å². The van der Waals surface area contributed by atoms with Gasteiger partial charge in [-0.3, -0.25) is 4.79 Å². The molecule has 0 aliphatic rings. The third-order valence-corrected chi connectivity index (χ3v) is 1.41. The van der Waals surface area contributed by atoms with Crippen LogP contribution in [0.15, 0.2) is 18.3 Å². The molecule has 0 saturated heterocycles. The topological polar surface area (TPSA) is 68.0 Å². The molecule has 0 aromatic carbocycles. The van der Waals surface area contributed by atoms with E-state index in [-0.39, 0.29) is 5.91 Å². The molecule has 0 bridgehead atoms. The highest BCUT2D eigenvalue weighted by atomic mass is 19.1. The average molecular weight is 183 g/mol. The molecule has 13 heavy (non-hydrogen) atoms. The molecule has 70 valence electrons. The van der Waals surface area contributed by atoms with Gasteiger partial charge in [0.25, 0.3) is 0 Å². The van der Waals surface area contributed by atoms with Crippen molar-refractivity contribution in [3.63, 3.8) is 0 Å². The van der Waals surface area contributed by atoms with Crippen molar-refractivity contribution in [2.75, 3.05) is 5.32 Å². The van der Waals surface area contributed by atoms with Crippen LogP contribution in [0.3, 0.4) is 0 Å². The summed E-state index contributed by atoms with van der Waals surface area (Å²) >= 11 is 0. The number of carbonyl (C=O) groups is 1. The minimum absolute atomic E-state index is 0.326. The number of hydrogen-bond acceptors (Lipinski definition) is 3. The molecule has 1 amide bonds. The van der Waals surface area contributed by atoms with Crippen molar-refractivity contribution in [3.8, 4) is 0 Å². The lowest BCUT2D eigenvalue weighted by atomic mass is 10.3. The van der Waals surface area contributed by atoms with Crippen LogP contribution < -0.4 is 11.1 Å². The summed E-state index contributed by atoms with van der Waals surface area (Å²) in [6.07, 6.45) is 1.23. The molecule has 0 aliphatic heterocycles. The molecule has 1 heterocycles. The predicted octanol–water partition coefficient (Wildman–Crippen LogP) is 0.506. The first-order chi connectivity index (χ1) is 6.09. The van der Waals surface area contributed by atoms with E-state index >= 15 is 0 Å². The van der Waals surface area contributed by atoms with Gasteiger partial charge in [-0.15, -0.1) is 0 Å². The van der Waals surface area contributed by atoms with Crippen molar-refractivity contribution in [2.45, 2.75) is 13.0 Å². The Morgan fingerprint density at radius 1 is 1.69 bits per heavy atom. The van der Waals surface area contributed by atoms with E-state index in [9.17, 15) is 9.18 Å². The SMILES string of the molecule is C[C@@H](N)C(=O)Nc1ccc(F)nc1. The Morgan fingerprint density at radius 2 is 2.38 bits per heavy atom. The number of amides is 1. The van der Waals surface area contributed by atoms with Gasteiger partial charge in [0.15, 0.2) is 0 Å². The van der Waals surface area contributed by atoms with Gasteiger partial charge < -0.3 is 11.1 Å². The normalized spacial score (nSPS) is 12.2. The lowest BCUT2D eigenvalue weighted by Gasteiger charge is -2.06. The van der Waals surface area contributed by atoms with Gasteiger partial charge in [0.2, 0.25) is 11.9 Å². The van der Waals surface area contributed by atoms with Gasteiger partial charge in [-0.2, -0.15) is 4.39 Å². The van der Waals surface area contributed by atoms with E-state index in [0.29, 0.717) is 5.69 Å². The Labute approximate surface area is 75.0 Å². The first kappa shape index (κ1) is 9.60. The first-order valence-corrected chi connectivity index (χ1v) is 3.77. The van der Waals surface area contributed by atoms with E-state index in [4.69, 9.17) is 5.73 Å². The van der Waals surface area contributed by atoms with Gasteiger partial charge >= 0.3 is 0 Å². The Kier molecular flexibility index (Phi) is 2.92. The number of carbonyl (C=O) groups excluding carboxylic acids is 1. The zero-order valence-corrected chi connectivity index (χ0v) is 7.12. The molecule has 4 nitrogen and oxygen atoms in total. The van der Waals surface area contributed by atoms with Crippen molar-refractivity contribution in [2.24, 2.45) is 5.73 Å². The molecule has 0 saturated carbocycles. The summed E-state index contributed by atoms with van der Waals surface area (Å²) in [7, 11) is 0. The Bertz CT molecular complexity index is 297. The average Bonchev–Trinajstić information content (AvgIpc) is 2.08. The minimum Gasteiger partial charge on any atom is -0.323 e. The number of rotatable bonds is 2. The number of pyridine rings is 1. The number of nitrogens with two attached hydrogens (primary N) is 1. The van der Waals surface area contributed by atoms with Crippen LogP contribution in [0, 0.1) is 5.95 Å². The van der Waals surface area contributed by atoms with Crippen LogP contribution in [0.1, 0.15) is 6.92 Å². The number of nitrogens with zero attached hydrogens (tertiary/aromatic N) is 1. The lowest BCUT2D eigenvalue weighted by Crippen LogP contribution is -2.32. The highest BCUT2D eigenvalue weighted by Crippen LogP contribution is 2.04. The molecule has 1 rings (SSSR count). The van der Waals surface area contributed by atoms with Crippen LogP contribution in [-0.4, -0.2) is 16.9 Å². The second-order valence-corrected chi connectivity index (χ2v) is 2.65. The minimum atomic E-state index is -0.593. The fourth-order valence-corrected chi connectivity index (χ4v) is 0.706. The Balaban J connectivity index is 2.65. The first-order valence-electron chi connectivity index (χ1n) is 3.77. The standard InChI is InChI=1S/C8H10FN3O/c1-5(10)8(13)12-6-2-3-7(9)11-4-6/h2-5H,10H2,1H3,(H,12,13)/t5-/m1/s1. The molecule has 0 fully saturated rings. The summed E-state index contributed by atoms with van der Waals surface area (Å²) in [6.45, 7) is 1.56. The van der Waals surface area contributed by atoms with Crippen LogP contribution in [0.25, 0.3) is 0 Å². The monoisotopic (exact) mass is 183 g/mol. The quantitative estimate of drug-likeness (QED) is 0.656. The van der Waals surface area contributed by atoms with E-state index < -0.39 is 12.0 Å². The van der Waals surface area contributed by atoms with Crippen molar-refractivity contribution < 1.29 is 9.18 Å². The molecule has 3 N–H and O–H groups in total. The van der Waals surface area contributed by atoms with Gasteiger partial charge in [-0.25, -0.2) is 4.98 Å². The van der Waals surface area contributed by atoms with E-state index in [0.717, 1.165) is 6.07 Å². The summed E-state index contributed by atoms with van der Waals surface area (Å²) in [6, 6.07) is 1.99. The molecule has 1 aromatic heterocycles. The number of aromatic nitrogens is 1. The van der Waals surface area contributed by atoms with E-state index in [2.05, 4.69) is 10.3 Å². The largest absolute Gasteiger partial charge is 0.323 e. The van der Waals surface area contributed by atoms with Gasteiger partial charge in [-0.1, -0.05) is 0 Å². The third kappa shape index (κ3) is 2.79. The van der Waals surface area contributed by atoms with Gasteiger partial charge in [0.1, 0.15) is 0 Å². The lowest BCUT2D eigenvalue weighted by molar-refractivity contribution is -0.117. The Morgan fingerprint density at radius 3 is 2.85 bits per heavy atom. The van der Waals surface area contributed by atoms with Crippen molar-refractivity contribution in [3.05, 3.63) is 24.3 Å². The summed E-state index contributed by atoms with van der Waals surface area (Å²) in [5.74, 6) is -0.910. The van der Waals surface area contributed by atoms with Crippen LogP contribution in [0.5, 0.6) is 0 Å². The van der Waals surface area contributed by atoms with Crippen LogP contribution in [0.4, 0.5) is 10.1 Å². The van der Waals surface area contributed by atoms with Crippen LogP contribution >= 0.6 is 0 Å². The third-order valence-electron chi connectivity index (χ3n) is 1.41. The van der Waals surface area contributed by atoms with Gasteiger partial charge in [0.05, 0.1) is 17.9 Å². The summed E-state index contributed by atoms with van der Waals surface area (Å²) in [4.78, 5) is 14.4. The van der Waals surface area contributed by atoms with E-state index in [1.165, 1.54) is 12.3 Å². The second-order valence-electron chi connectivity index (χ2n) is 2.65. The molecule has 5 heteroatoms. The zero-order chi connectivity index (χ0) is 9.84. The smallest absolute Gasteiger partial charge is 0.241 e. The van der Waals surface area contributed by atoms with E-state index in [1.54, 1.807) is 6.92 Å². The molecule has 1 aromatic rings. The Hall–Kier alpha value is -1.49. The molecular formula is C8H10FN3O. The fraction of sp³-hybridized carbons (Fsp3) is 0.250. The highest BCUT2D eigenvalue weighted by molar-refractivity contribution is 5.94. The number of hydrogen-bond donors (Lipinski definition) is 2. The predicted molar refractivity (Wildman–Crippen MR) is 46.5 cm³/mol. The summed E-state index contributed by atoms with van der Waals surface area (Å²) in [5.41, 5.74) is 5.74. The summed E-state index contributed by atoms with van der Waals surface area (Å²) in [5, 5.41) is 2.48. The molecule has 0 aliphatic carbocycles. The maximum Gasteiger partial charge on any atom is 0.241 e. The fourth-order valence-electron chi connectivity index (χ4n) is 0.706. The molecule has 0 unspecified atom stereocenters. The molecule has 1 atom stereocenters. The van der Waals surface area contributed by atoms with Gasteiger partial charge in [-0.05, 0) is 19.1 Å². The van der Waals surface area contributed by atoms with E-state index in [1.807, 2.05) is 0 Å². The van der Waals surface area contributed by atoms with Crippen molar-refractivity contribution in [1.29, 1.82) is 0 Å². The maximum absolute atomic E-state index is 12.3. The zero-order valence-electron chi connectivity index (χ0n) is 7.12. The van der Waals surface area contributed by atoms with Gasteiger partial charge in [0, 0.05) is 0 Å². The number of anilines is 1. The number of halogens is 1. The maximum atomic E-state index is 12.3. The highest BCUT2D eigenvalue weighted by Gasteiger charge is 2.06. The van der Waals surface area contributed by atoms with Crippen LogP contribution in [0.2, 0.25) is 0 Å². The molecule has 0 spiro atoms.